The first-order chi connectivity index (χ1) is 8.71. The highest BCUT2D eigenvalue weighted by atomic mass is 32.1. The van der Waals surface area contributed by atoms with E-state index in [1.807, 2.05) is 13.8 Å². The molecule has 2 heterocycles. The van der Waals surface area contributed by atoms with Crippen molar-refractivity contribution in [2.45, 2.75) is 31.7 Å². The molecule has 1 saturated heterocycles. The SMILES string of the molecule is CC1(C)CN(c2nnc(C(F)(F)F)s2)CC(CN)O1. The maximum Gasteiger partial charge on any atom is 0.445 e. The lowest BCUT2D eigenvalue weighted by Crippen LogP contribution is -2.54. The van der Waals surface area contributed by atoms with Crippen LogP contribution in [0.5, 0.6) is 0 Å². The van der Waals surface area contributed by atoms with Gasteiger partial charge in [-0.15, -0.1) is 10.2 Å². The van der Waals surface area contributed by atoms with Crippen LogP contribution in [0, 0.1) is 0 Å². The maximum atomic E-state index is 12.5. The largest absolute Gasteiger partial charge is 0.445 e. The molecular weight excluding hydrogens is 281 g/mol. The van der Waals surface area contributed by atoms with Gasteiger partial charge < -0.3 is 15.4 Å². The van der Waals surface area contributed by atoms with Crippen LogP contribution in [0.1, 0.15) is 18.9 Å². The number of rotatable bonds is 2. The lowest BCUT2D eigenvalue weighted by atomic mass is 10.1. The fraction of sp³-hybridized carbons (Fsp3) is 0.800. The summed E-state index contributed by atoms with van der Waals surface area (Å²) in [5.41, 5.74) is 5.10. The van der Waals surface area contributed by atoms with E-state index in [1.54, 1.807) is 4.90 Å². The highest BCUT2D eigenvalue weighted by Crippen LogP contribution is 2.35. The molecule has 108 valence electrons. The summed E-state index contributed by atoms with van der Waals surface area (Å²) < 4.78 is 43.2. The van der Waals surface area contributed by atoms with Crippen LogP contribution in [-0.2, 0) is 10.9 Å². The maximum absolute atomic E-state index is 12.5. The number of nitrogens with two attached hydrogens (primary N) is 1. The van der Waals surface area contributed by atoms with Gasteiger partial charge >= 0.3 is 6.18 Å². The van der Waals surface area contributed by atoms with Crippen molar-refractivity contribution in [1.82, 2.24) is 10.2 Å². The molecule has 0 radical (unpaired) electrons. The van der Waals surface area contributed by atoms with Crippen LogP contribution in [0.2, 0.25) is 0 Å². The number of halogens is 3. The Morgan fingerprint density at radius 2 is 2.16 bits per heavy atom. The van der Waals surface area contributed by atoms with E-state index in [-0.39, 0.29) is 11.2 Å². The summed E-state index contributed by atoms with van der Waals surface area (Å²) in [6, 6.07) is 0. The van der Waals surface area contributed by atoms with Gasteiger partial charge in [-0.25, -0.2) is 0 Å². The zero-order valence-electron chi connectivity index (χ0n) is 10.6. The molecule has 0 bridgehead atoms. The Kier molecular flexibility index (Phi) is 3.72. The number of hydrogen-bond donors (Lipinski definition) is 1. The van der Waals surface area contributed by atoms with E-state index in [4.69, 9.17) is 10.5 Å². The second-order valence-electron chi connectivity index (χ2n) is 5.00. The molecule has 0 aliphatic carbocycles. The van der Waals surface area contributed by atoms with Gasteiger partial charge in [-0.05, 0) is 13.8 Å². The summed E-state index contributed by atoms with van der Waals surface area (Å²) in [6.45, 7) is 4.92. The lowest BCUT2D eigenvalue weighted by Gasteiger charge is -2.42. The van der Waals surface area contributed by atoms with E-state index in [0.717, 1.165) is 0 Å². The summed E-state index contributed by atoms with van der Waals surface area (Å²) in [7, 11) is 0. The Hall–Kier alpha value is -0.930. The normalized spacial score (nSPS) is 23.7. The number of alkyl halides is 3. The number of anilines is 1. The van der Waals surface area contributed by atoms with Gasteiger partial charge in [0.05, 0.1) is 11.7 Å². The summed E-state index contributed by atoms with van der Waals surface area (Å²) in [5.74, 6) is 0. The van der Waals surface area contributed by atoms with E-state index in [1.165, 1.54) is 0 Å². The monoisotopic (exact) mass is 296 g/mol. The molecular formula is C10H15F3N4OS. The van der Waals surface area contributed by atoms with E-state index in [2.05, 4.69) is 10.2 Å². The Labute approximate surface area is 112 Å². The van der Waals surface area contributed by atoms with Crippen LogP contribution >= 0.6 is 11.3 Å². The van der Waals surface area contributed by atoms with Crippen molar-refractivity contribution in [3.05, 3.63) is 5.01 Å². The third-order valence-electron chi connectivity index (χ3n) is 2.67. The Morgan fingerprint density at radius 3 is 2.68 bits per heavy atom. The number of hydrogen-bond acceptors (Lipinski definition) is 6. The molecule has 0 saturated carbocycles. The van der Waals surface area contributed by atoms with E-state index in [0.29, 0.717) is 31.0 Å². The molecule has 0 spiro atoms. The van der Waals surface area contributed by atoms with Gasteiger partial charge in [0, 0.05) is 19.6 Å². The van der Waals surface area contributed by atoms with Crippen molar-refractivity contribution in [3.8, 4) is 0 Å². The minimum absolute atomic E-state index is 0.220. The van der Waals surface area contributed by atoms with E-state index in [9.17, 15) is 13.2 Å². The predicted octanol–water partition coefficient (Wildman–Crippen LogP) is 1.50. The number of nitrogens with zero attached hydrogens (tertiary/aromatic N) is 3. The zero-order chi connectivity index (χ0) is 14.3. The molecule has 2 N–H and O–H groups in total. The highest BCUT2D eigenvalue weighted by Gasteiger charge is 2.38. The van der Waals surface area contributed by atoms with Crippen molar-refractivity contribution in [1.29, 1.82) is 0 Å². The average Bonchev–Trinajstić information content (AvgIpc) is 2.75. The zero-order valence-corrected chi connectivity index (χ0v) is 11.4. The number of morpholine rings is 1. The lowest BCUT2D eigenvalue weighted by molar-refractivity contribution is -0.138. The van der Waals surface area contributed by atoms with Crippen molar-refractivity contribution < 1.29 is 17.9 Å². The molecule has 1 fully saturated rings. The molecule has 5 nitrogen and oxygen atoms in total. The van der Waals surface area contributed by atoms with E-state index >= 15 is 0 Å². The highest BCUT2D eigenvalue weighted by molar-refractivity contribution is 7.15. The average molecular weight is 296 g/mol. The second kappa shape index (κ2) is 4.88. The molecule has 2 rings (SSSR count). The summed E-state index contributed by atoms with van der Waals surface area (Å²) >= 11 is 0.542. The molecule has 1 aromatic rings. The van der Waals surface area contributed by atoms with Gasteiger partial charge in [0.25, 0.3) is 0 Å². The van der Waals surface area contributed by atoms with Gasteiger partial charge in [0.1, 0.15) is 0 Å². The van der Waals surface area contributed by atoms with Gasteiger partial charge in [0.2, 0.25) is 10.1 Å². The molecule has 1 atom stereocenters. The molecule has 1 aromatic heterocycles. The molecule has 19 heavy (non-hydrogen) atoms. The van der Waals surface area contributed by atoms with Gasteiger partial charge in [0.15, 0.2) is 0 Å². The van der Waals surface area contributed by atoms with Crippen LogP contribution in [0.3, 0.4) is 0 Å². The molecule has 1 unspecified atom stereocenters. The fourth-order valence-corrected chi connectivity index (χ4v) is 2.74. The van der Waals surface area contributed by atoms with Crippen LogP contribution in [0.15, 0.2) is 0 Å². The van der Waals surface area contributed by atoms with Crippen LogP contribution in [0.4, 0.5) is 18.3 Å². The molecule has 9 heteroatoms. The predicted molar refractivity (Wildman–Crippen MR) is 65.1 cm³/mol. The Bertz CT molecular complexity index is 448. The third-order valence-corrected chi connectivity index (χ3v) is 3.70. The van der Waals surface area contributed by atoms with Crippen molar-refractivity contribution in [2.75, 3.05) is 24.5 Å². The first-order valence-corrected chi connectivity index (χ1v) is 6.56. The number of ether oxygens (including phenoxy) is 1. The van der Waals surface area contributed by atoms with Crippen LogP contribution in [-0.4, -0.2) is 41.5 Å². The molecule has 1 aliphatic rings. The topological polar surface area (TPSA) is 64.3 Å². The van der Waals surface area contributed by atoms with Crippen molar-refractivity contribution >= 4 is 16.5 Å². The van der Waals surface area contributed by atoms with Gasteiger partial charge in [-0.2, -0.15) is 13.2 Å². The first kappa shape index (κ1) is 14.5. The first-order valence-electron chi connectivity index (χ1n) is 5.75. The standard InChI is InChI=1S/C10H15F3N4OS/c1-9(2)5-17(4-6(3-14)18-9)8-16-15-7(19-8)10(11,12)13/h6H,3-5,14H2,1-2H3. The Balaban J connectivity index is 2.19. The number of aromatic nitrogens is 2. The second-order valence-corrected chi connectivity index (χ2v) is 5.96. The van der Waals surface area contributed by atoms with Crippen LogP contribution in [0.25, 0.3) is 0 Å². The minimum atomic E-state index is -4.45. The van der Waals surface area contributed by atoms with E-state index < -0.39 is 16.8 Å². The summed E-state index contributed by atoms with van der Waals surface area (Å²) in [6.07, 6.45) is -4.67. The smallest absolute Gasteiger partial charge is 0.367 e. The van der Waals surface area contributed by atoms with Crippen molar-refractivity contribution in [2.24, 2.45) is 5.73 Å². The summed E-state index contributed by atoms with van der Waals surface area (Å²) in [4.78, 5) is 1.74. The fourth-order valence-electron chi connectivity index (χ4n) is 2.02. The Morgan fingerprint density at radius 1 is 1.47 bits per heavy atom. The summed E-state index contributed by atoms with van der Waals surface area (Å²) in [5, 5.41) is 6.13. The van der Waals surface area contributed by atoms with Crippen molar-refractivity contribution in [3.63, 3.8) is 0 Å². The van der Waals surface area contributed by atoms with Crippen LogP contribution < -0.4 is 10.6 Å². The molecule has 0 amide bonds. The third kappa shape index (κ3) is 3.34. The molecule has 0 aromatic carbocycles. The minimum Gasteiger partial charge on any atom is -0.367 e. The van der Waals surface area contributed by atoms with Gasteiger partial charge in [-0.3, -0.25) is 0 Å². The van der Waals surface area contributed by atoms with Gasteiger partial charge in [-0.1, -0.05) is 11.3 Å². The quantitative estimate of drug-likeness (QED) is 0.896. The molecule has 1 aliphatic heterocycles.